The highest BCUT2D eigenvalue weighted by atomic mass is 127. The van der Waals surface area contributed by atoms with Gasteiger partial charge in [0.25, 0.3) is 0 Å². The SMILES string of the molecule is C[N+](C)(C)C1CCCc2ccc(O)cc21.[I-]. The van der Waals surface area contributed by atoms with Crippen LogP contribution in [-0.4, -0.2) is 30.7 Å². The third-order valence-electron chi connectivity index (χ3n) is 3.35. The number of fused-ring (bicyclic) bond motifs is 1. The Morgan fingerprint density at radius 1 is 1.25 bits per heavy atom. The number of phenols is 1. The van der Waals surface area contributed by atoms with Crippen molar-refractivity contribution in [2.24, 2.45) is 0 Å². The highest BCUT2D eigenvalue weighted by Gasteiger charge is 2.30. The van der Waals surface area contributed by atoms with Crippen molar-refractivity contribution in [1.29, 1.82) is 0 Å². The summed E-state index contributed by atoms with van der Waals surface area (Å²) in [4.78, 5) is 0. The first-order valence-corrected chi connectivity index (χ1v) is 5.61. The van der Waals surface area contributed by atoms with E-state index in [4.69, 9.17) is 0 Å². The molecule has 1 atom stereocenters. The van der Waals surface area contributed by atoms with E-state index < -0.39 is 0 Å². The molecule has 1 aliphatic carbocycles. The van der Waals surface area contributed by atoms with Gasteiger partial charge in [0.15, 0.2) is 0 Å². The number of aromatic hydroxyl groups is 1. The predicted molar refractivity (Wildman–Crippen MR) is 61.8 cm³/mol. The number of rotatable bonds is 1. The highest BCUT2D eigenvalue weighted by molar-refractivity contribution is 5.37. The van der Waals surface area contributed by atoms with E-state index in [0.717, 1.165) is 10.9 Å². The average molecular weight is 333 g/mol. The zero-order valence-electron chi connectivity index (χ0n) is 10.2. The summed E-state index contributed by atoms with van der Waals surface area (Å²) in [6.45, 7) is 0. The molecule has 1 aromatic carbocycles. The van der Waals surface area contributed by atoms with Crippen LogP contribution in [0.15, 0.2) is 18.2 Å². The first-order chi connectivity index (χ1) is 6.98. The summed E-state index contributed by atoms with van der Waals surface area (Å²) in [6.07, 6.45) is 3.64. The second-order valence-electron chi connectivity index (χ2n) is 5.41. The monoisotopic (exact) mass is 333 g/mol. The molecule has 1 unspecified atom stereocenters. The van der Waals surface area contributed by atoms with Crippen LogP contribution in [0.4, 0.5) is 0 Å². The van der Waals surface area contributed by atoms with Crippen molar-refractivity contribution >= 4 is 0 Å². The van der Waals surface area contributed by atoms with Gasteiger partial charge in [-0.15, -0.1) is 0 Å². The molecule has 0 aliphatic heterocycles. The molecular weight excluding hydrogens is 313 g/mol. The third kappa shape index (κ3) is 2.69. The van der Waals surface area contributed by atoms with Gasteiger partial charge < -0.3 is 33.6 Å². The minimum Gasteiger partial charge on any atom is -1.00 e. The molecule has 3 heteroatoms. The normalized spacial score (nSPS) is 19.8. The Labute approximate surface area is 115 Å². The molecule has 0 radical (unpaired) electrons. The van der Waals surface area contributed by atoms with Crippen LogP contribution in [0.5, 0.6) is 5.75 Å². The quantitative estimate of drug-likeness (QED) is 0.542. The molecule has 1 N–H and O–H groups in total. The van der Waals surface area contributed by atoms with E-state index in [-0.39, 0.29) is 24.0 Å². The van der Waals surface area contributed by atoms with E-state index in [1.807, 2.05) is 6.07 Å². The van der Waals surface area contributed by atoms with Crippen LogP contribution in [0.3, 0.4) is 0 Å². The summed E-state index contributed by atoms with van der Waals surface area (Å²) in [5.41, 5.74) is 2.76. The molecule has 2 nitrogen and oxygen atoms in total. The Morgan fingerprint density at radius 2 is 1.94 bits per heavy atom. The van der Waals surface area contributed by atoms with E-state index in [0.29, 0.717) is 11.8 Å². The molecule has 0 spiro atoms. The van der Waals surface area contributed by atoms with Gasteiger partial charge in [0.1, 0.15) is 11.8 Å². The number of hydrogen-bond acceptors (Lipinski definition) is 1. The van der Waals surface area contributed by atoms with Crippen molar-refractivity contribution in [3.63, 3.8) is 0 Å². The third-order valence-corrected chi connectivity index (χ3v) is 3.35. The van der Waals surface area contributed by atoms with Gasteiger partial charge in [0.2, 0.25) is 0 Å². The summed E-state index contributed by atoms with van der Waals surface area (Å²) in [5, 5.41) is 9.56. The predicted octanol–water partition coefficient (Wildman–Crippen LogP) is -0.520. The van der Waals surface area contributed by atoms with Crippen LogP contribution in [0, 0.1) is 0 Å². The Bertz CT molecular complexity index is 371. The molecule has 0 fully saturated rings. The standard InChI is InChI=1S/C13H19NO.HI/c1-14(2,3)13-6-4-5-10-7-8-11(15)9-12(10)13;/h7-9,13H,4-6H2,1-3H3;1H. The largest absolute Gasteiger partial charge is 1.00 e. The summed E-state index contributed by atoms with van der Waals surface area (Å²) in [6, 6.07) is 6.35. The van der Waals surface area contributed by atoms with Crippen LogP contribution < -0.4 is 24.0 Å². The number of nitrogens with zero attached hydrogens (tertiary/aromatic N) is 1. The second-order valence-corrected chi connectivity index (χ2v) is 5.41. The van der Waals surface area contributed by atoms with Gasteiger partial charge >= 0.3 is 0 Å². The highest BCUT2D eigenvalue weighted by Crippen LogP contribution is 2.37. The van der Waals surface area contributed by atoms with Crippen molar-refractivity contribution in [2.45, 2.75) is 25.3 Å². The van der Waals surface area contributed by atoms with E-state index in [9.17, 15) is 5.11 Å². The molecule has 90 valence electrons. The van der Waals surface area contributed by atoms with Crippen molar-refractivity contribution in [3.8, 4) is 5.75 Å². The molecule has 0 heterocycles. The lowest BCUT2D eigenvalue weighted by atomic mass is 9.86. The number of aryl methyl sites for hydroxylation is 1. The lowest BCUT2D eigenvalue weighted by molar-refractivity contribution is -0.903. The van der Waals surface area contributed by atoms with Gasteiger partial charge in [-0.25, -0.2) is 0 Å². The van der Waals surface area contributed by atoms with Crippen LogP contribution in [-0.2, 0) is 6.42 Å². The Hall–Kier alpha value is -0.290. The fourth-order valence-electron chi connectivity index (χ4n) is 2.57. The van der Waals surface area contributed by atoms with Crippen molar-refractivity contribution < 1.29 is 33.6 Å². The number of phenolic OH excluding ortho intramolecular Hbond substituents is 1. The molecule has 16 heavy (non-hydrogen) atoms. The molecule has 0 aromatic heterocycles. The first kappa shape index (κ1) is 13.8. The topological polar surface area (TPSA) is 20.2 Å². The maximum atomic E-state index is 9.56. The molecule has 0 bridgehead atoms. The van der Waals surface area contributed by atoms with Gasteiger partial charge in [0, 0.05) is 12.0 Å². The summed E-state index contributed by atoms with van der Waals surface area (Å²) in [5.74, 6) is 0.397. The summed E-state index contributed by atoms with van der Waals surface area (Å²) < 4.78 is 0.941. The Balaban J connectivity index is 0.00000128. The molecule has 2 rings (SSSR count). The van der Waals surface area contributed by atoms with Gasteiger partial charge in [-0.3, -0.25) is 0 Å². The smallest absolute Gasteiger partial charge is 0.116 e. The first-order valence-electron chi connectivity index (χ1n) is 5.61. The minimum absolute atomic E-state index is 0. The van der Waals surface area contributed by atoms with Crippen LogP contribution >= 0.6 is 0 Å². The van der Waals surface area contributed by atoms with Crippen LogP contribution in [0.1, 0.15) is 30.0 Å². The van der Waals surface area contributed by atoms with Crippen LogP contribution in [0.25, 0.3) is 0 Å². The molecule has 0 saturated heterocycles. The van der Waals surface area contributed by atoms with E-state index in [1.54, 1.807) is 6.07 Å². The zero-order chi connectivity index (χ0) is 11.1. The van der Waals surface area contributed by atoms with E-state index in [1.165, 1.54) is 24.0 Å². The molecule has 0 amide bonds. The molecule has 0 saturated carbocycles. The average Bonchev–Trinajstić information content (AvgIpc) is 2.15. The Morgan fingerprint density at radius 3 is 2.56 bits per heavy atom. The number of halogens is 1. The molecular formula is C13H20INO. The lowest BCUT2D eigenvalue weighted by Crippen LogP contribution is -3.00. The van der Waals surface area contributed by atoms with E-state index >= 15 is 0 Å². The molecule has 1 aliphatic rings. The van der Waals surface area contributed by atoms with Gasteiger partial charge in [-0.2, -0.15) is 0 Å². The maximum Gasteiger partial charge on any atom is 0.116 e. The van der Waals surface area contributed by atoms with Gasteiger partial charge in [-0.1, -0.05) is 6.07 Å². The summed E-state index contributed by atoms with van der Waals surface area (Å²) >= 11 is 0. The van der Waals surface area contributed by atoms with Gasteiger partial charge in [0.05, 0.1) is 21.1 Å². The lowest BCUT2D eigenvalue weighted by Gasteiger charge is -2.38. The summed E-state index contributed by atoms with van der Waals surface area (Å²) in [7, 11) is 6.68. The van der Waals surface area contributed by atoms with Crippen LogP contribution in [0.2, 0.25) is 0 Å². The van der Waals surface area contributed by atoms with Crippen molar-refractivity contribution in [1.82, 2.24) is 0 Å². The van der Waals surface area contributed by atoms with Crippen molar-refractivity contribution in [2.75, 3.05) is 21.1 Å². The second kappa shape index (κ2) is 4.92. The fourth-order valence-corrected chi connectivity index (χ4v) is 2.57. The zero-order valence-corrected chi connectivity index (χ0v) is 12.4. The van der Waals surface area contributed by atoms with Crippen molar-refractivity contribution in [3.05, 3.63) is 29.3 Å². The molecule has 1 aromatic rings. The maximum absolute atomic E-state index is 9.56. The van der Waals surface area contributed by atoms with E-state index in [2.05, 4.69) is 27.2 Å². The number of quaternary nitrogens is 1. The Kier molecular flexibility index (Phi) is 4.23. The minimum atomic E-state index is 0. The van der Waals surface area contributed by atoms with Gasteiger partial charge in [-0.05, 0) is 30.5 Å². The fraction of sp³-hybridized carbons (Fsp3) is 0.538. The number of benzene rings is 1. The number of hydrogen-bond donors (Lipinski definition) is 1.